The number of aliphatic carboxylic acids is 1. The molecule has 17 heavy (non-hydrogen) atoms. The van der Waals surface area contributed by atoms with Crippen molar-refractivity contribution in [3.05, 3.63) is 10.4 Å². The molecule has 0 radical (unpaired) electrons. The third kappa shape index (κ3) is 6.81. The monoisotopic (exact) mass is 242 g/mol. The molecule has 0 spiro atoms. The zero-order valence-electron chi connectivity index (χ0n) is 10.6. The fraction of sp³-hybridized carbons (Fsp3) is 0.909. The molecule has 6 heteroatoms. The Morgan fingerprint density at radius 2 is 2.18 bits per heavy atom. The number of nitrogens with zero attached hydrogens (tertiary/aromatic N) is 3. The van der Waals surface area contributed by atoms with Gasteiger partial charge in [-0.05, 0) is 31.8 Å². The maximum absolute atomic E-state index is 11.2. The van der Waals surface area contributed by atoms with Crippen LogP contribution in [0.4, 0.5) is 0 Å². The first-order valence-corrected chi connectivity index (χ1v) is 6.06. The predicted octanol–water partition coefficient (Wildman–Crippen LogP) is 2.70. The summed E-state index contributed by atoms with van der Waals surface area (Å²) < 4.78 is 0. The topological polar surface area (TPSA) is 98.1 Å². The van der Waals surface area contributed by atoms with Gasteiger partial charge in [0.05, 0.1) is 0 Å². The van der Waals surface area contributed by atoms with E-state index in [1.165, 1.54) is 0 Å². The number of rotatable bonds is 10. The normalized spacial score (nSPS) is 13.8. The predicted molar refractivity (Wildman–Crippen MR) is 66.8 cm³/mol. The lowest BCUT2D eigenvalue weighted by molar-refractivity contribution is -0.144. The van der Waals surface area contributed by atoms with Crippen LogP contribution in [0.3, 0.4) is 0 Å². The molecule has 0 fully saturated rings. The van der Waals surface area contributed by atoms with E-state index in [2.05, 4.69) is 22.3 Å². The number of hydrogen-bond acceptors (Lipinski definition) is 3. The van der Waals surface area contributed by atoms with Gasteiger partial charge in [-0.1, -0.05) is 31.3 Å². The molecule has 0 saturated heterocycles. The Bertz CT molecular complexity index is 277. The van der Waals surface area contributed by atoms with Gasteiger partial charge >= 0.3 is 5.97 Å². The highest BCUT2D eigenvalue weighted by Crippen LogP contribution is 2.15. The summed E-state index contributed by atoms with van der Waals surface area (Å²) in [4.78, 5) is 13.8. The molecule has 2 N–H and O–H groups in total. The van der Waals surface area contributed by atoms with Crippen LogP contribution < -0.4 is 5.32 Å². The van der Waals surface area contributed by atoms with Gasteiger partial charge in [0.1, 0.15) is 5.54 Å². The van der Waals surface area contributed by atoms with Crippen molar-refractivity contribution in [3.8, 4) is 0 Å². The van der Waals surface area contributed by atoms with Crippen molar-refractivity contribution in [1.82, 2.24) is 5.32 Å². The minimum Gasteiger partial charge on any atom is -0.480 e. The molecule has 1 unspecified atom stereocenters. The van der Waals surface area contributed by atoms with Gasteiger partial charge < -0.3 is 10.4 Å². The average Bonchev–Trinajstić information content (AvgIpc) is 2.29. The molecule has 0 bridgehead atoms. The van der Waals surface area contributed by atoms with Crippen LogP contribution in [-0.2, 0) is 4.79 Å². The van der Waals surface area contributed by atoms with Crippen LogP contribution >= 0.6 is 0 Å². The van der Waals surface area contributed by atoms with Gasteiger partial charge in [0.25, 0.3) is 0 Å². The lowest BCUT2D eigenvalue weighted by atomic mass is 9.94. The first kappa shape index (κ1) is 15.7. The number of carboxylic acids is 1. The Morgan fingerprint density at radius 1 is 1.47 bits per heavy atom. The molecule has 0 aliphatic heterocycles. The van der Waals surface area contributed by atoms with E-state index in [1.54, 1.807) is 6.92 Å². The van der Waals surface area contributed by atoms with E-state index in [-0.39, 0.29) is 0 Å². The second-order valence-corrected chi connectivity index (χ2v) is 4.33. The van der Waals surface area contributed by atoms with Crippen molar-refractivity contribution in [2.45, 2.75) is 51.5 Å². The van der Waals surface area contributed by atoms with Crippen molar-refractivity contribution < 1.29 is 9.90 Å². The van der Waals surface area contributed by atoms with E-state index in [9.17, 15) is 9.90 Å². The van der Waals surface area contributed by atoms with Crippen molar-refractivity contribution >= 4 is 5.97 Å². The number of carbonyl (C=O) groups is 1. The number of carboxylic acid groups (broad SMARTS) is 1. The molecule has 1 atom stereocenters. The van der Waals surface area contributed by atoms with Gasteiger partial charge in [-0.15, -0.1) is 0 Å². The summed E-state index contributed by atoms with van der Waals surface area (Å²) in [5.41, 5.74) is 7.23. The third-order valence-electron chi connectivity index (χ3n) is 2.77. The molecular formula is C11H22N4O2. The van der Waals surface area contributed by atoms with Crippen LogP contribution in [0.2, 0.25) is 0 Å². The number of azide groups is 1. The summed E-state index contributed by atoms with van der Waals surface area (Å²) in [5.74, 6) is -0.822. The van der Waals surface area contributed by atoms with E-state index in [0.717, 1.165) is 19.3 Å². The quantitative estimate of drug-likeness (QED) is 0.266. The molecule has 6 nitrogen and oxygen atoms in total. The standard InChI is InChI=1S/C11H22N4O2/c1-3-4-5-7-11(2,10(16)17)13-8-6-9-14-15-12/h13H,3-9H2,1-2H3,(H,16,17). The summed E-state index contributed by atoms with van der Waals surface area (Å²) >= 11 is 0. The van der Waals surface area contributed by atoms with Gasteiger partial charge in [-0.25, -0.2) is 0 Å². The minimum atomic E-state index is -0.870. The number of unbranched alkanes of at least 4 members (excludes halogenated alkanes) is 2. The van der Waals surface area contributed by atoms with Crippen LogP contribution in [0.25, 0.3) is 10.4 Å². The summed E-state index contributed by atoms with van der Waals surface area (Å²) in [6.45, 7) is 4.74. The maximum atomic E-state index is 11.2. The number of nitrogens with one attached hydrogen (secondary N) is 1. The van der Waals surface area contributed by atoms with Gasteiger partial charge in [0.15, 0.2) is 0 Å². The second-order valence-electron chi connectivity index (χ2n) is 4.33. The SMILES string of the molecule is CCCCCC(C)(NCCCN=[N+]=[N-])C(=O)O. The summed E-state index contributed by atoms with van der Waals surface area (Å²) in [6.07, 6.45) is 4.30. The Labute approximate surface area is 102 Å². The Balaban J connectivity index is 4.03. The van der Waals surface area contributed by atoms with Crippen LogP contribution in [-0.4, -0.2) is 29.7 Å². The molecule has 0 amide bonds. The molecule has 0 aromatic heterocycles. The van der Waals surface area contributed by atoms with Crippen LogP contribution in [0.15, 0.2) is 5.11 Å². The van der Waals surface area contributed by atoms with Gasteiger partial charge in [-0.2, -0.15) is 0 Å². The van der Waals surface area contributed by atoms with Crippen molar-refractivity contribution in [1.29, 1.82) is 0 Å². The van der Waals surface area contributed by atoms with Gasteiger partial charge in [0.2, 0.25) is 0 Å². The number of hydrogen-bond donors (Lipinski definition) is 2. The van der Waals surface area contributed by atoms with E-state index in [0.29, 0.717) is 25.9 Å². The molecule has 0 aromatic carbocycles. The highest BCUT2D eigenvalue weighted by molar-refractivity contribution is 5.78. The molecule has 0 aliphatic rings. The average molecular weight is 242 g/mol. The van der Waals surface area contributed by atoms with Gasteiger partial charge in [-0.3, -0.25) is 4.79 Å². The first-order valence-electron chi connectivity index (χ1n) is 6.06. The van der Waals surface area contributed by atoms with Crippen molar-refractivity contribution in [2.24, 2.45) is 5.11 Å². The summed E-state index contributed by atoms with van der Waals surface area (Å²) in [5, 5.41) is 15.6. The highest BCUT2D eigenvalue weighted by atomic mass is 16.4. The molecular weight excluding hydrogens is 220 g/mol. The maximum Gasteiger partial charge on any atom is 0.323 e. The lowest BCUT2D eigenvalue weighted by Crippen LogP contribution is -2.49. The Kier molecular flexibility index (Phi) is 8.19. The van der Waals surface area contributed by atoms with E-state index < -0.39 is 11.5 Å². The zero-order valence-corrected chi connectivity index (χ0v) is 10.6. The minimum absolute atomic E-state index is 0.397. The smallest absolute Gasteiger partial charge is 0.323 e. The summed E-state index contributed by atoms with van der Waals surface area (Å²) in [7, 11) is 0. The summed E-state index contributed by atoms with van der Waals surface area (Å²) in [6, 6.07) is 0. The Morgan fingerprint density at radius 3 is 2.71 bits per heavy atom. The fourth-order valence-electron chi connectivity index (χ4n) is 1.56. The largest absolute Gasteiger partial charge is 0.480 e. The van der Waals surface area contributed by atoms with Crippen molar-refractivity contribution in [2.75, 3.05) is 13.1 Å². The molecule has 0 heterocycles. The van der Waals surface area contributed by atoms with E-state index in [4.69, 9.17) is 5.53 Å². The highest BCUT2D eigenvalue weighted by Gasteiger charge is 2.31. The fourth-order valence-corrected chi connectivity index (χ4v) is 1.56. The zero-order chi connectivity index (χ0) is 13.1. The lowest BCUT2D eigenvalue weighted by Gasteiger charge is -2.26. The molecule has 0 saturated carbocycles. The van der Waals surface area contributed by atoms with Crippen LogP contribution in [0.1, 0.15) is 46.0 Å². The molecule has 98 valence electrons. The third-order valence-corrected chi connectivity index (χ3v) is 2.77. The Hall–Kier alpha value is -1.26. The van der Waals surface area contributed by atoms with E-state index >= 15 is 0 Å². The van der Waals surface area contributed by atoms with Gasteiger partial charge in [0, 0.05) is 11.5 Å². The van der Waals surface area contributed by atoms with Crippen LogP contribution in [0, 0.1) is 0 Å². The molecule has 0 rings (SSSR count). The first-order chi connectivity index (χ1) is 8.06. The second kappa shape index (κ2) is 8.84. The molecule has 0 aromatic rings. The van der Waals surface area contributed by atoms with E-state index in [1.807, 2.05) is 0 Å². The van der Waals surface area contributed by atoms with Crippen molar-refractivity contribution in [3.63, 3.8) is 0 Å². The van der Waals surface area contributed by atoms with Crippen LogP contribution in [0.5, 0.6) is 0 Å². The molecule has 0 aliphatic carbocycles.